The molecule has 0 aromatic carbocycles. The molecule has 1 aliphatic rings. The van der Waals surface area contributed by atoms with Crippen LogP contribution in [-0.2, 0) is 20.4 Å². The summed E-state index contributed by atoms with van der Waals surface area (Å²) < 4.78 is 10.9. The SMILES string of the molecule is CC(CCS(C)=O)NC(=O)[C@H]1[C@@H](C(=O)O)C1(C)C. The summed E-state index contributed by atoms with van der Waals surface area (Å²) in [6.07, 6.45) is 2.26. The normalized spacial score (nSPS) is 28.2. The smallest absolute Gasteiger partial charge is 0.307 e. The van der Waals surface area contributed by atoms with Crippen molar-refractivity contribution in [2.24, 2.45) is 17.3 Å². The summed E-state index contributed by atoms with van der Waals surface area (Å²) in [6, 6.07) is -0.0766. The fourth-order valence-electron chi connectivity index (χ4n) is 2.34. The van der Waals surface area contributed by atoms with Gasteiger partial charge in [0.05, 0.1) is 11.8 Å². The lowest BCUT2D eigenvalue weighted by atomic mass is 10.1. The van der Waals surface area contributed by atoms with Gasteiger partial charge in [0.1, 0.15) is 0 Å². The zero-order valence-corrected chi connectivity index (χ0v) is 12.0. The molecule has 0 saturated heterocycles. The summed E-state index contributed by atoms with van der Waals surface area (Å²) >= 11 is 0. The zero-order valence-electron chi connectivity index (χ0n) is 11.2. The molecule has 0 bridgehead atoms. The number of carbonyl (C=O) groups is 2. The van der Waals surface area contributed by atoms with E-state index in [0.29, 0.717) is 12.2 Å². The molecule has 0 aromatic heterocycles. The van der Waals surface area contributed by atoms with Gasteiger partial charge in [-0.25, -0.2) is 0 Å². The quantitative estimate of drug-likeness (QED) is 0.744. The molecule has 104 valence electrons. The maximum atomic E-state index is 11.9. The maximum Gasteiger partial charge on any atom is 0.307 e. The van der Waals surface area contributed by atoms with E-state index < -0.39 is 34.0 Å². The maximum absolute atomic E-state index is 11.9. The van der Waals surface area contributed by atoms with Gasteiger partial charge in [-0.3, -0.25) is 13.8 Å². The minimum absolute atomic E-state index is 0.0766. The van der Waals surface area contributed by atoms with Crippen LogP contribution in [0.5, 0.6) is 0 Å². The van der Waals surface area contributed by atoms with Gasteiger partial charge in [0.2, 0.25) is 5.91 Å². The first-order chi connectivity index (χ1) is 8.17. The molecule has 4 atom stereocenters. The van der Waals surface area contributed by atoms with E-state index in [1.165, 1.54) is 0 Å². The molecule has 5 nitrogen and oxygen atoms in total. The van der Waals surface area contributed by atoms with Crippen molar-refractivity contribution in [2.45, 2.75) is 33.2 Å². The number of rotatable bonds is 6. The average Bonchev–Trinajstić information content (AvgIpc) is 2.78. The lowest BCUT2D eigenvalue weighted by Crippen LogP contribution is -2.35. The first kappa shape index (κ1) is 15.1. The van der Waals surface area contributed by atoms with Gasteiger partial charge in [-0.05, 0) is 18.8 Å². The van der Waals surface area contributed by atoms with E-state index in [2.05, 4.69) is 5.32 Å². The number of hydrogen-bond donors (Lipinski definition) is 2. The van der Waals surface area contributed by atoms with E-state index >= 15 is 0 Å². The highest BCUT2D eigenvalue weighted by Gasteiger charge is 2.65. The Kier molecular flexibility index (Phi) is 4.53. The second-order valence-electron chi connectivity index (χ2n) is 5.59. The van der Waals surface area contributed by atoms with E-state index in [9.17, 15) is 13.8 Å². The van der Waals surface area contributed by atoms with E-state index in [4.69, 9.17) is 5.11 Å². The third-order valence-corrected chi connectivity index (χ3v) is 4.41. The molecular formula is C12H21NO4S. The molecule has 0 heterocycles. The Morgan fingerprint density at radius 1 is 1.39 bits per heavy atom. The molecule has 1 fully saturated rings. The van der Waals surface area contributed by atoms with Crippen LogP contribution < -0.4 is 5.32 Å². The molecule has 1 aliphatic carbocycles. The number of nitrogens with one attached hydrogen (secondary N) is 1. The topological polar surface area (TPSA) is 83.5 Å². The van der Waals surface area contributed by atoms with Crippen molar-refractivity contribution < 1.29 is 18.9 Å². The lowest BCUT2D eigenvalue weighted by molar-refractivity contribution is -0.140. The summed E-state index contributed by atoms with van der Waals surface area (Å²) in [4.78, 5) is 22.9. The van der Waals surface area contributed by atoms with Crippen LogP contribution in [0.15, 0.2) is 0 Å². The van der Waals surface area contributed by atoms with Gasteiger partial charge in [0.25, 0.3) is 0 Å². The summed E-state index contributed by atoms with van der Waals surface area (Å²) in [5.41, 5.74) is -0.469. The molecule has 0 aromatic rings. The first-order valence-electron chi connectivity index (χ1n) is 6.01. The molecule has 6 heteroatoms. The summed E-state index contributed by atoms with van der Waals surface area (Å²) in [5.74, 6) is -1.63. The van der Waals surface area contributed by atoms with Gasteiger partial charge in [-0.15, -0.1) is 0 Å². The second kappa shape index (κ2) is 5.38. The van der Waals surface area contributed by atoms with Crippen molar-refractivity contribution in [1.82, 2.24) is 5.32 Å². The highest BCUT2D eigenvalue weighted by Crippen LogP contribution is 2.58. The fourth-order valence-corrected chi connectivity index (χ4v) is 3.02. The molecule has 0 aliphatic heterocycles. The third kappa shape index (κ3) is 3.31. The molecule has 2 N–H and O–H groups in total. The molecule has 2 unspecified atom stereocenters. The summed E-state index contributed by atoms with van der Waals surface area (Å²) in [6.45, 7) is 5.43. The van der Waals surface area contributed by atoms with Crippen molar-refractivity contribution >= 4 is 22.7 Å². The van der Waals surface area contributed by atoms with Crippen LogP contribution in [0.4, 0.5) is 0 Å². The predicted molar refractivity (Wildman–Crippen MR) is 69.6 cm³/mol. The number of carbonyl (C=O) groups excluding carboxylic acids is 1. The van der Waals surface area contributed by atoms with Crippen molar-refractivity contribution in [1.29, 1.82) is 0 Å². The third-order valence-electron chi connectivity index (χ3n) is 3.60. The van der Waals surface area contributed by atoms with Gasteiger partial charge >= 0.3 is 5.97 Å². The summed E-state index contributed by atoms with van der Waals surface area (Å²) in [7, 11) is -0.871. The number of carboxylic acids is 1. The molecule has 1 amide bonds. The van der Waals surface area contributed by atoms with Gasteiger partial charge in [-0.1, -0.05) is 13.8 Å². The van der Waals surface area contributed by atoms with Crippen LogP contribution in [-0.4, -0.2) is 39.2 Å². The molecule has 0 radical (unpaired) electrons. The monoisotopic (exact) mass is 275 g/mol. The Hall–Kier alpha value is -0.910. The Morgan fingerprint density at radius 2 is 1.94 bits per heavy atom. The summed E-state index contributed by atoms with van der Waals surface area (Å²) in [5, 5.41) is 11.8. The largest absolute Gasteiger partial charge is 0.481 e. The number of hydrogen-bond acceptors (Lipinski definition) is 3. The van der Waals surface area contributed by atoms with Crippen molar-refractivity contribution in [3.63, 3.8) is 0 Å². The Labute approximate surface area is 110 Å². The first-order valence-corrected chi connectivity index (χ1v) is 7.73. The van der Waals surface area contributed by atoms with Crippen LogP contribution in [0, 0.1) is 17.3 Å². The van der Waals surface area contributed by atoms with Crippen molar-refractivity contribution in [3.05, 3.63) is 0 Å². The van der Waals surface area contributed by atoms with Crippen LogP contribution in [0.1, 0.15) is 27.2 Å². The van der Waals surface area contributed by atoms with Crippen molar-refractivity contribution in [2.75, 3.05) is 12.0 Å². The van der Waals surface area contributed by atoms with Gasteiger partial charge in [0.15, 0.2) is 0 Å². The molecule has 18 heavy (non-hydrogen) atoms. The number of amides is 1. The average molecular weight is 275 g/mol. The predicted octanol–water partition coefficient (Wildman–Crippen LogP) is 0.616. The molecule has 1 saturated carbocycles. The minimum Gasteiger partial charge on any atom is -0.481 e. The van der Waals surface area contributed by atoms with Gasteiger partial charge in [-0.2, -0.15) is 0 Å². The highest BCUT2D eigenvalue weighted by molar-refractivity contribution is 7.84. The lowest BCUT2D eigenvalue weighted by Gasteiger charge is -2.13. The Balaban J connectivity index is 2.47. The molecule has 0 spiro atoms. The van der Waals surface area contributed by atoms with Crippen LogP contribution in [0.2, 0.25) is 0 Å². The highest BCUT2D eigenvalue weighted by atomic mass is 32.2. The Morgan fingerprint density at radius 3 is 2.33 bits per heavy atom. The van der Waals surface area contributed by atoms with E-state index in [0.717, 1.165) is 0 Å². The van der Waals surface area contributed by atoms with Crippen LogP contribution in [0.25, 0.3) is 0 Å². The van der Waals surface area contributed by atoms with Crippen LogP contribution in [0.3, 0.4) is 0 Å². The van der Waals surface area contributed by atoms with Gasteiger partial charge in [0, 0.05) is 28.9 Å². The van der Waals surface area contributed by atoms with E-state index in [1.54, 1.807) is 20.1 Å². The molecular weight excluding hydrogens is 254 g/mol. The van der Waals surface area contributed by atoms with E-state index in [1.807, 2.05) is 6.92 Å². The standard InChI is InChI=1S/C12H21NO4S/c1-7(5-6-18(4)17)13-10(14)8-9(11(15)16)12(8,2)3/h7-9H,5-6H2,1-4H3,(H,13,14)(H,15,16)/t7?,8-,9+,18?/m1/s1. The van der Waals surface area contributed by atoms with Crippen molar-refractivity contribution in [3.8, 4) is 0 Å². The fraction of sp³-hybridized carbons (Fsp3) is 0.833. The number of aliphatic carboxylic acids is 1. The van der Waals surface area contributed by atoms with Gasteiger partial charge < -0.3 is 10.4 Å². The second-order valence-corrected chi connectivity index (χ2v) is 7.15. The van der Waals surface area contributed by atoms with E-state index in [-0.39, 0.29) is 11.9 Å². The van der Waals surface area contributed by atoms with Crippen LogP contribution >= 0.6 is 0 Å². The zero-order chi connectivity index (χ0) is 14.1. The minimum atomic E-state index is -0.914. The Bertz CT molecular complexity index is 380. The number of carboxylic acid groups (broad SMARTS) is 1. The molecule has 1 rings (SSSR count).